The maximum absolute atomic E-state index is 11.2. The summed E-state index contributed by atoms with van der Waals surface area (Å²) < 4.78 is 5.22. The smallest absolute Gasteiger partial charge is 0.354 e. The van der Waals surface area contributed by atoms with E-state index in [1.54, 1.807) is 13.2 Å². The molecule has 0 fully saturated rings. The maximum Gasteiger partial charge on any atom is 0.354 e. The molecule has 0 radical (unpaired) electrons. The van der Waals surface area contributed by atoms with Gasteiger partial charge < -0.3 is 15.2 Å². The number of rotatable bonds is 7. The average Bonchev–Trinajstić information content (AvgIpc) is 2.47. The molecular formula is C16H20N2O3. The van der Waals surface area contributed by atoms with Gasteiger partial charge in [-0.3, -0.25) is 0 Å². The van der Waals surface area contributed by atoms with Gasteiger partial charge in [-0.15, -0.1) is 0 Å². The summed E-state index contributed by atoms with van der Waals surface area (Å²) in [7, 11) is 1.66. The quantitative estimate of drug-likeness (QED) is 0.819. The number of para-hydroxylation sites is 1. The summed E-state index contributed by atoms with van der Waals surface area (Å²) in [5.74, 6) is -1.03. The molecular weight excluding hydrogens is 268 g/mol. The third-order valence-corrected chi connectivity index (χ3v) is 3.30. The number of aromatic carboxylic acids is 1. The van der Waals surface area contributed by atoms with Gasteiger partial charge >= 0.3 is 5.97 Å². The van der Waals surface area contributed by atoms with Gasteiger partial charge in [-0.05, 0) is 18.6 Å². The molecule has 1 aromatic carbocycles. The Morgan fingerprint density at radius 3 is 2.86 bits per heavy atom. The summed E-state index contributed by atoms with van der Waals surface area (Å²) in [5, 5.41) is 13.5. The third-order valence-electron chi connectivity index (χ3n) is 3.30. The Hall–Kier alpha value is -2.14. The van der Waals surface area contributed by atoms with Crippen molar-refractivity contribution >= 4 is 22.6 Å². The van der Waals surface area contributed by atoms with E-state index in [1.165, 1.54) is 0 Å². The molecule has 0 saturated heterocycles. The summed E-state index contributed by atoms with van der Waals surface area (Å²) in [5.41, 5.74) is 1.50. The van der Waals surface area contributed by atoms with Gasteiger partial charge in [0.2, 0.25) is 0 Å². The van der Waals surface area contributed by atoms with Gasteiger partial charge in [-0.2, -0.15) is 0 Å². The number of methoxy groups -OCH3 is 1. The van der Waals surface area contributed by atoms with Gasteiger partial charge in [0.25, 0.3) is 0 Å². The molecule has 1 unspecified atom stereocenters. The van der Waals surface area contributed by atoms with Gasteiger partial charge in [-0.25, -0.2) is 9.78 Å². The lowest BCUT2D eigenvalue weighted by Gasteiger charge is -2.20. The second kappa shape index (κ2) is 7.04. The van der Waals surface area contributed by atoms with E-state index in [-0.39, 0.29) is 11.7 Å². The van der Waals surface area contributed by atoms with Crippen molar-refractivity contribution in [2.45, 2.75) is 25.8 Å². The van der Waals surface area contributed by atoms with Crippen molar-refractivity contribution in [1.82, 2.24) is 4.98 Å². The van der Waals surface area contributed by atoms with Crippen LogP contribution in [0.1, 0.15) is 30.3 Å². The van der Waals surface area contributed by atoms with Crippen molar-refractivity contribution in [3.8, 4) is 0 Å². The van der Waals surface area contributed by atoms with E-state index in [2.05, 4.69) is 17.2 Å². The zero-order valence-electron chi connectivity index (χ0n) is 12.3. The van der Waals surface area contributed by atoms with Crippen LogP contribution in [0.25, 0.3) is 10.9 Å². The highest BCUT2D eigenvalue weighted by Gasteiger charge is 2.14. The SMILES string of the molecule is CCCC(COC)Nc1cc(C(=O)O)nc2ccccc12. The van der Waals surface area contributed by atoms with Crippen molar-refractivity contribution in [3.05, 3.63) is 36.0 Å². The number of nitrogens with one attached hydrogen (secondary N) is 1. The summed E-state index contributed by atoms with van der Waals surface area (Å²) in [6.45, 7) is 2.69. The second-order valence-electron chi connectivity index (χ2n) is 4.96. The van der Waals surface area contributed by atoms with Crippen LogP contribution in [0.15, 0.2) is 30.3 Å². The number of carboxylic acid groups (broad SMARTS) is 1. The lowest BCUT2D eigenvalue weighted by Crippen LogP contribution is -2.25. The predicted octanol–water partition coefficient (Wildman–Crippen LogP) is 3.16. The van der Waals surface area contributed by atoms with Gasteiger partial charge in [-0.1, -0.05) is 31.5 Å². The molecule has 2 rings (SSSR count). The molecule has 0 bridgehead atoms. The van der Waals surface area contributed by atoms with Crippen LogP contribution in [-0.2, 0) is 4.74 Å². The standard InChI is InChI=1S/C16H20N2O3/c1-3-6-11(10-21-2)17-14-9-15(16(19)20)18-13-8-5-4-7-12(13)14/h4-5,7-9,11H,3,6,10H2,1-2H3,(H,17,18)(H,19,20). The normalized spacial score (nSPS) is 12.3. The number of anilines is 1. The zero-order valence-corrected chi connectivity index (χ0v) is 12.3. The Balaban J connectivity index is 2.42. The molecule has 1 aromatic heterocycles. The summed E-state index contributed by atoms with van der Waals surface area (Å²) >= 11 is 0. The first-order valence-electron chi connectivity index (χ1n) is 7.04. The highest BCUT2D eigenvalue weighted by molar-refractivity contribution is 5.97. The van der Waals surface area contributed by atoms with E-state index in [1.807, 2.05) is 24.3 Å². The first-order valence-corrected chi connectivity index (χ1v) is 7.04. The fraction of sp³-hybridized carbons (Fsp3) is 0.375. The Morgan fingerprint density at radius 2 is 2.19 bits per heavy atom. The van der Waals surface area contributed by atoms with Gasteiger partial charge in [0.05, 0.1) is 12.1 Å². The first kappa shape index (κ1) is 15.3. The van der Waals surface area contributed by atoms with Crippen molar-refractivity contribution < 1.29 is 14.6 Å². The van der Waals surface area contributed by atoms with Gasteiger partial charge in [0, 0.05) is 24.2 Å². The van der Waals surface area contributed by atoms with Crippen LogP contribution in [0.2, 0.25) is 0 Å². The number of fused-ring (bicyclic) bond motifs is 1. The molecule has 0 spiro atoms. The molecule has 5 nitrogen and oxygen atoms in total. The predicted molar refractivity (Wildman–Crippen MR) is 82.9 cm³/mol. The molecule has 21 heavy (non-hydrogen) atoms. The summed E-state index contributed by atoms with van der Waals surface area (Å²) in [4.78, 5) is 15.4. The topological polar surface area (TPSA) is 71.5 Å². The molecule has 2 N–H and O–H groups in total. The van der Waals surface area contributed by atoms with Crippen LogP contribution in [0.5, 0.6) is 0 Å². The number of benzene rings is 1. The molecule has 0 aliphatic rings. The maximum atomic E-state index is 11.2. The zero-order chi connectivity index (χ0) is 15.2. The average molecular weight is 288 g/mol. The van der Waals surface area contributed by atoms with Crippen molar-refractivity contribution in [2.75, 3.05) is 19.0 Å². The Labute approximate surface area is 124 Å². The molecule has 0 aliphatic heterocycles. The number of hydrogen-bond donors (Lipinski definition) is 2. The molecule has 2 aromatic rings. The summed E-state index contributed by atoms with van der Waals surface area (Å²) in [6.07, 6.45) is 1.97. The van der Waals surface area contributed by atoms with E-state index >= 15 is 0 Å². The van der Waals surface area contributed by atoms with Crippen LogP contribution >= 0.6 is 0 Å². The lowest BCUT2D eigenvalue weighted by molar-refractivity contribution is 0.0691. The van der Waals surface area contributed by atoms with Crippen LogP contribution in [0.4, 0.5) is 5.69 Å². The number of ether oxygens (including phenoxy) is 1. The fourth-order valence-electron chi connectivity index (χ4n) is 2.37. The van der Waals surface area contributed by atoms with E-state index in [9.17, 15) is 9.90 Å². The minimum Gasteiger partial charge on any atom is -0.477 e. The van der Waals surface area contributed by atoms with Gasteiger partial charge in [0.15, 0.2) is 5.69 Å². The number of carboxylic acids is 1. The molecule has 0 saturated carbocycles. The Kier molecular flexibility index (Phi) is 5.11. The molecule has 1 atom stereocenters. The van der Waals surface area contributed by atoms with Crippen molar-refractivity contribution in [3.63, 3.8) is 0 Å². The lowest BCUT2D eigenvalue weighted by atomic mass is 10.1. The number of carbonyl (C=O) groups is 1. The highest BCUT2D eigenvalue weighted by atomic mass is 16.5. The van der Waals surface area contributed by atoms with Crippen LogP contribution in [-0.4, -0.2) is 35.8 Å². The Bertz CT molecular complexity index is 622. The van der Waals surface area contributed by atoms with Crippen LogP contribution in [0, 0.1) is 0 Å². The number of hydrogen-bond acceptors (Lipinski definition) is 4. The minimum atomic E-state index is -1.03. The molecule has 5 heteroatoms. The van der Waals surface area contributed by atoms with E-state index in [4.69, 9.17) is 4.74 Å². The second-order valence-corrected chi connectivity index (χ2v) is 4.96. The van der Waals surface area contributed by atoms with Crippen LogP contribution < -0.4 is 5.32 Å². The molecule has 0 amide bonds. The van der Waals surface area contributed by atoms with Gasteiger partial charge in [0.1, 0.15) is 0 Å². The molecule has 112 valence electrons. The highest BCUT2D eigenvalue weighted by Crippen LogP contribution is 2.24. The molecule has 0 aliphatic carbocycles. The minimum absolute atomic E-state index is 0.0452. The number of aromatic nitrogens is 1. The Morgan fingerprint density at radius 1 is 1.43 bits per heavy atom. The van der Waals surface area contributed by atoms with Crippen molar-refractivity contribution in [2.24, 2.45) is 0 Å². The first-order chi connectivity index (χ1) is 10.2. The summed E-state index contributed by atoms with van der Waals surface area (Å²) in [6, 6.07) is 9.25. The number of nitrogens with zero attached hydrogens (tertiary/aromatic N) is 1. The molecule has 1 heterocycles. The van der Waals surface area contributed by atoms with E-state index < -0.39 is 5.97 Å². The van der Waals surface area contributed by atoms with Crippen molar-refractivity contribution in [1.29, 1.82) is 0 Å². The van der Waals surface area contributed by atoms with E-state index in [0.717, 1.165) is 23.9 Å². The fourth-order valence-corrected chi connectivity index (χ4v) is 2.37. The largest absolute Gasteiger partial charge is 0.477 e. The monoisotopic (exact) mass is 288 g/mol. The van der Waals surface area contributed by atoms with E-state index in [0.29, 0.717) is 12.1 Å². The number of pyridine rings is 1. The van der Waals surface area contributed by atoms with Crippen LogP contribution in [0.3, 0.4) is 0 Å². The third kappa shape index (κ3) is 3.70.